The van der Waals surface area contributed by atoms with Crippen molar-refractivity contribution < 1.29 is 13.9 Å². The molecule has 10 heteroatoms. The van der Waals surface area contributed by atoms with E-state index in [2.05, 4.69) is 35.8 Å². The lowest BCUT2D eigenvalue weighted by Crippen LogP contribution is -2.14. The molecule has 2 aromatic carbocycles. The minimum absolute atomic E-state index is 0.0310. The van der Waals surface area contributed by atoms with Gasteiger partial charge in [0, 0.05) is 17.4 Å². The van der Waals surface area contributed by atoms with Crippen LogP contribution in [-0.4, -0.2) is 31.1 Å². The Bertz CT molecular complexity index is 1240. The number of aromatic amines is 1. The summed E-state index contributed by atoms with van der Waals surface area (Å²) >= 11 is 0. The first-order chi connectivity index (χ1) is 15.4. The number of rotatable bonds is 7. The summed E-state index contributed by atoms with van der Waals surface area (Å²) in [6.45, 7) is 3.71. The van der Waals surface area contributed by atoms with Crippen LogP contribution in [0.25, 0.3) is 0 Å². The van der Waals surface area contributed by atoms with Crippen molar-refractivity contribution >= 4 is 23.4 Å². The largest absolute Gasteiger partial charge is 0.424 e. The fraction of sp³-hybridized carbons (Fsp3) is 0.136. The molecule has 9 nitrogen and oxygen atoms in total. The summed E-state index contributed by atoms with van der Waals surface area (Å²) in [6.07, 6.45) is 0.0310. The van der Waals surface area contributed by atoms with Crippen LogP contribution in [0, 0.1) is 19.7 Å². The average Bonchev–Trinajstić information content (AvgIpc) is 3.15. The third-order valence-electron chi connectivity index (χ3n) is 4.29. The monoisotopic (exact) mass is 433 g/mol. The van der Waals surface area contributed by atoms with Gasteiger partial charge in [-0.05, 0) is 44.2 Å². The van der Waals surface area contributed by atoms with Crippen LogP contribution in [-0.2, 0) is 11.2 Å². The maximum atomic E-state index is 13.2. The van der Waals surface area contributed by atoms with Gasteiger partial charge in [0.05, 0.1) is 6.42 Å². The number of carbonyl (C=O) groups excluding carboxylic acids is 1. The Morgan fingerprint density at radius 1 is 1.06 bits per heavy atom. The van der Waals surface area contributed by atoms with Crippen LogP contribution in [0.1, 0.15) is 17.1 Å². The molecule has 0 fully saturated rings. The molecule has 4 rings (SSSR count). The van der Waals surface area contributed by atoms with Gasteiger partial charge < -0.3 is 15.4 Å². The van der Waals surface area contributed by atoms with Crippen LogP contribution in [0.2, 0.25) is 0 Å². The Morgan fingerprint density at radius 2 is 1.88 bits per heavy atom. The molecule has 0 atom stereocenters. The zero-order valence-electron chi connectivity index (χ0n) is 17.4. The summed E-state index contributed by atoms with van der Waals surface area (Å²) in [4.78, 5) is 24.9. The number of ether oxygens (including phenoxy) is 1. The first-order valence-corrected chi connectivity index (χ1v) is 9.77. The van der Waals surface area contributed by atoms with E-state index in [1.165, 1.54) is 18.2 Å². The quantitative estimate of drug-likeness (QED) is 0.402. The second kappa shape index (κ2) is 9.21. The van der Waals surface area contributed by atoms with Crippen LogP contribution in [0.15, 0.2) is 54.6 Å². The van der Waals surface area contributed by atoms with Crippen molar-refractivity contribution in [3.8, 4) is 11.8 Å². The van der Waals surface area contributed by atoms with Crippen LogP contribution in [0.3, 0.4) is 0 Å². The van der Waals surface area contributed by atoms with E-state index in [0.717, 1.165) is 5.56 Å². The van der Waals surface area contributed by atoms with Crippen molar-refractivity contribution in [3.63, 3.8) is 0 Å². The molecule has 162 valence electrons. The molecule has 0 saturated carbocycles. The van der Waals surface area contributed by atoms with Gasteiger partial charge in [-0.3, -0.25) is 9.89 Å². The minimum Gasteiger partial charge on any atom is -0.424 e. The van der Waals surface area contributed by atoms with Crippen LogP contribution < -0.4 is 15.4 Å². The Balaban J connectivity index is 1.40. The summed E-state index contributed by atoms with van der Waals surface area (Å²) in [5.74, 6) is 1.02. The van der Waals surface area contributed by atoms with Crippen LogP contribution in [0.5, 0.6) is 11.8 Å². The van der Waals surface area contributed by atoms with Crippen molar-refractivity contribution in [2.45, 2.75) is 20.3 Å². The second-order valence-electron chi connectivity index (χ2n) is 7.04. The average molecular weight is 433 g/mol. The van der Waals surface area contributed by atoms with Gasteiger partial charge in [0.15, 0.2) is 5.82 Å². The summed E-state index contributed by atoms with van der Waals surface area (Å²) in [7, 11) is 0. The highest BCUT2D eigenvalue weighted by molar-refractivity contribution is 5.92. The summed E-state index contributed by atoms with van der Waals surface area (Å²) < 4.78 is 19.0. The van der Waals surface area contributed by atoms with E-state index in [1.54, 1.807) is 19.1 Å². The number of anilines is 3. The molecule has 2 aromatic heterocycles. The zero-order valence-corrected chi connectivity index (χ0v) is 17.4. The van der Waals surface area contributed by atoms with Gasteiger partial charge in [0.1, 0.15) is 17.4 Å². The van der Waals surface area contributed by atoms with E-state index in [9.17, 15) is 9.18 Å². The Kier molecular flexibility index (Phi) is 6.02. The Labute approximate surface area is 183 Å². The van der Waals surface area contributed by atoms with Crippen molar-refractivity contribution in [1.82, 2.24) is 25.1 Å². The molecule has 0 saturated heterocycles. The number of nitrogens with zero attached hydrogens (tertiary/aromatic N) is 4. The molecule has 0 aliphatic rings. The number of halogens is 1. The highest BCUT2D eigenvalue weighted by Crippen LogP contribution is 2.20. The lowest BCUT2D eigenvalue weighted by Gasteiger charge is -2.07. The highest BCUT2D eigenvalue weighted by Gasteiger charge is 2.11. The number of benzene rings is 2. The highest BCUT2D eigenvalue weighted by atomic mass is 19.1. The molecule has 0 unspecified atom stereocenters. The third kappa shape index (κ3) is 5.63. The second-order valence-corrected chi connectivity index (χ2v) is 7.04. The topological polar surface area (TPSA) is 118 Å². The number of nitrogens with one attached hydrogen (secondary N) is 3. The predicted octanol–water partition coefficient (Wildman–Crippen LogP) is 4.07. The first-order valence-electron chi connectivity index (χ1n) is 9.77. The number of hydrogen-bond acceptors (Lipinski definition) is 7. The Hall–Kier alpha value is -4.34. The number of aryl methyl sites for hydroxylation is 2. The smallest absolute Gasteiger partial charge is 0.327 e. The molecule has 2 heterocycles. The summed E-state index contributed by atoms with van der Waals surface area (Å²) in [5.41, 5.74) is 2.06. The molecule has 0 spiro atoms. The van der Waals surface area contributed by atoms with Gasteiger partial charge in [-0.2, -0.15) is 20.1 Å². The molecule has 0 aliphatic heterocycles. The molecule has 3 N–H and O–H groups in total. The lowest BCUT2D eigenvalue weighted by molar-refractivity contribution is -0.115. The van der Waals surface area contributed by atoms with Gasteiger partial charge >= 0.3 is 6.01 Å². The van der Waals surface area contributed by atoms with Crippen LogP contribution >= 0.6 is 0 Å². The number of H-pyrrole nitrogens is 1. The number of aromatic nitrogens is 5. The molecule has 32 heavy (non-hydrogen) atoms. The standard InChI is InChI=1S/C22H20FN7O2/c1-13-6-8-18(9-7-13)32-22-25-14(2)24-21(28-22)27-19-11-17(29-30-19)12-20(31)26-16-5-3-4-15(23)10-16/h3-11H,12H2,1-2H3,(H,26,31)(H2,24,25,27,28,29,30). The third-order valence-corrected chi connectivity index (χ3v) is 4.29. The first kappa shape index (κ1) is 20.9. The fourth-order valence-electron chi connectivity index (χ4n) is 2.85. The number of carbonyl (C=O) groups is 1. The SMILES string of the molecule is Cc1ccc(Oc2nc(C)nc(Nc3cc(CC(=O)Nc4cccc(F)c4)[nH]n3)n2)cc1. The van der Waals surface area contributed by atoms with E-state index in [4.69, 9.17) is 4.74 Å². The fourth-order valence-corrected chi connectivity index (χ4v) is 2.85. The van der Waals surface area contributed by atoms with E-state index in [0.29, 0.717) is 28.8 Å². The Morgan fingerprint density at radius 3 is 2.66 bits per heavy atom. The molecule has 0 bridgehead atoms. The van der Waals surface area contributed by atoms with Gasteiger partial charge in [-0.25, -0.2) is 4.39 Å². The van der Waals surface area contributed by atoms with Gasteiger partial charge in [0.25, 0.3) is 0 Å². The summed E-state index contributed by atoms with van der Waals surface area (Å²) in [6, 6.07) is 15.0. The molecular weight excluding hydrogens is 413 g/mol. The van der Waals surface area contributed by atoms with E-state index in [1.807, 2.05) is 31.2 Å². The summed E-state index contributed by atoms with van der Waals surface area (Å²) in [5, 5.41) is 12.5. The van der Waals surface area contributed by atoms with Crippen LogP contribution in [0.4, 0.5) is 21.8 Å². The molecule has 1 amide bonds. The van der Waals surface area contributed by atoms with Gasteiger partial charge in [-0.1, -0.05) is 23.8 Å². The van der Waals surface area contributed by atoms with Crippen molar-refractivity contribution in [1.29, 1.82) is 0 Å². The van der Waals surface area contributed by atoms with E-state index >= 15 is 0 Å². The number of hydrogen-bond donors (Lipinski definition) is 3. The molecule has 0 radical (unpaired) electrons. The van der Waals surface area contributed by atoms with Crippen molar-refractivity contribution in [3.05, 3.63) is 77.5 Å². The maximum Gasteiger partial charge on any atom is 0.327 e. The van der Waals surface area contributed by atoms with Crippen molar-refractivity contribution in [2.24, 2.45) is 0 Å². The predicted molar refractivity (Wildman–Crippen MR) is 116 cm³/mol. The maximum absolute atomic E-state index is 13.2. The van der Waals surface area contributed by atoms with E-state index < -0.39 is 5.82 Å². The lowest BCUT2D eigenvalue weighted by atomic mass is 10.2. The normalized spacial score (nSPS) is 10.6. The number of amides is 1. The molecular formula is C22H20FN7O2. The van der Waals surface area contributed by atoms with Crippen molar-refractivity contribution in [2.75, 3.05) is 10.6 Å². The van der Waals surface area contributed by atoms with Gasteiger partial charge in [-0.15, -0.1) is 0 Å². The van der Waals surface area contributed by atoms with Gasteiger partial charge in [0.2, 0.25) is 11.9 Å². The van der Waals surface area contributed by atoms with E-state index in [-0.39, 0.29) is 24.3 Å². The zero-order chi connectivity index (χ0) is 22.5. The minimum atomic E-state index is -0.422. The molecule has 4 aromatic rings. The molecule has 0 aliphatic carbocycles.